The predicted molar refractivity (Wildman–Crippen MR) is 73.0 cm³/mol. The van der Waals surface area contributed by atoms with Crippen molar-refractivity contribution in [2.24, 2.45) is 0 Å². The van der Waals surface area contributed by atoms with Crippen LogP contribution < -0.4 is 5.32 Å². The summed E-state index contributed by atoms with van der Waals surface area (Å²) in [6.45, 7) is 0.107. The van der Waals surface area contributed by atoms with Crippen LogP contribution in [0.15, 0.2) is 42.5 Å². The molecule has 0 spiro atoms. The minimum absolute atomic E-state index is 0.0769. The van der Waals surface area contributed by atoms with Gasteiger partial charge in [-0.05, 0) is 18.2 Å². The number of nitriles is 1. The van der Waals surface area contributed by atoms with Gasteiger partial charge in [0.2, 0.25) is 0 Å². The van der Waals surface area contributed by atoms with Crippen LogP contribution in [-0.2, 0) is 6.54 Å². The van der Waals surface area contributed by atoms with Gasteiger partial charge in [0, 0.05) is 22.7 Å². The van der Waals surface area contributed by atoms with E-state index in [1.54, 1.807) is 18.2 Å². The molecule has 0 aliphatic heterocycles. The van der Waals surface area contributed by atoms with Crippen molar-refractivity contribution in [3.8, 4) is 6.07 Å². The molecule has 20 heavy (non-hydrogen) atoms. The van der Waals surface area contributed by atoms with E-state index in [4.69, 9.17) is 16.9 Å². The highest BCUT2D eigenvalue weighted by atomic mass is 35.5. The Hall–Kier alpha value is -1.96. The number of halogens is 3. The molecule has 0 aromatic heterocycles. The van der Waals surface area contributed by atoms with Gasteiger partial charge < -0.3 is 0 Å². The van der Waals surface area contributed by atoms with Crippen molar-refractivity contribution in [2.75, 3.05) is 0 Å². The zero-order valence-corrected chi connectivity index (χ0v) is 11.2. The quantitative estimate of drug-likeness (QED) is 0.925. The maximum atomic E-state index is 13.7. The van der Waals surface area contributed by atoms with Gasteiger partial charge in [0.1, 0.15) is 17.7 Å². The summed E-state index contributed by atoms with van der Waals surface area (Å²) in [5, 5.41) is 12.1. The van der Waals surface area contributed by atoms with Crippen LogP contribution in [0, 0.1) is 23.0 Å². The molecular weight excluding hydrogens is 282 g/mol. The molecule has 0 bridgehead atoms. The van der Waals surface area contributed by atoms with Crippen molar-refractivity contribution in [1.29, 1.82) is 5.26 Å². The predicted octanol–water partition coefficient (Wildman–Crippen LogP) is 3.97. The largest absolute Gasteiger partial charge is 0.294 e. The van der Waals surface area contributed by atoms with E-state index in [-0.39, 0.29) is 22.9 Å². The first kappa shape index (κ1) is 14.4. The molecule has 1 atom stereocenters. The van der Waals surface area contributed by atoms with Crippen molar-refractivity contribution >= 4 is 11.6 Å². The van der Waals surface area contributed by atoms with Gasteiger partial charge in [0.05, 0.1) is 6.07 Å². The second-order valence-corrected chi connectivity index (χ2v) is 4.58. The van der Waals surface area contributed by atoms with Gasteiger partial charge in [0.25, 0.3) is 0 Å². The van der Waals surface area contributed by atoms with E-state index in [1.807, 2.05) is 6.07 Å². The fourth-order valence-electron chi connectivity index (χ4n) is 1.85. The minimum atomic E-state index is -0.941. The summed E-state index contributed by atoms with van der Waals surface area (Å²) in [5.41, 5.74) is 0.480. The lowest BCUT2D eigenvalue weighted by molar-refractivity contribution is 0.545. The van der Waals surface area contributed by atoms with E-state index in [1.165, 1.54) is 24.3 Å². The standard InChI is InChI=1S/C15H11ClF2N2/c16-11-5-3-7-13(18)15(11)14(8-19)20-9-10-4-1-2-6-12(10)17/h1-7,14,20H,9H2. The average Bonchev–Trinajstić information content (AvgIpc) is 2.43. The number of hydrogen-bond donors (Lipinski definition) is 1. The average molecular weight is 293 g/mol. The highest BCUT2D eigenvalue weighted by Gasteiger charge is 2.18. The Kier molecular flexibility index (Phi) is 4.67. The smallest absolute Gasteiger partial charge is 0.130 e. The van der Waals surface area contributed by atoms with Crippen LogP contribution in [0.25, 0.3) is 0 Å². The normalized spacial score (nSPS) is 11.9. The van der Waals surface area contributed by atoms with E-state index in [9.17, 15) is 8.78 Å². The fourth-order valence-corrected chi connectivity index (χ4v) is 2.12. The fraction of sp³-hybridized carbons (Fsp3) is 0.133. The lowest BCUT2D eigenvalue weighted by atomic mass is 10.1. The first-order chi connectivity index (χ1) is 9.63. The Morgan fingerprint density at radius 2 is 1.80 bits per heavy atom. The van der Waals surface area contributed by atoms with E-state index in [0.29, 0.717) is 5.56 Å². The molecule has 2 rings (SSSR count). The molecule has 102 valence electrons. The molecule has 0 aliphatic rings. The Morgan fingerprint density at radius 1 is 1.10 bits per heavy atom. The summed E-state index contributed by atoms with van der Waals surface area (Å²) in [5.74, 6) is -0.943. The first-order valence-electron chi connectivity index (χ1n) is 5.94. The van der Waals surface area contributed by atoms with Gasteiger partial charge in [-0.1, -0.05) is 35.9 Å². The van der Waals surface area contributed by atoms with Gasteiger partial charge in [-0.2, -0.15) is 5.26 Å². The lowest BCUT2D eigenvalue weighted by Gasteiger charge is -2.14. The maximum Gasteiger partial charge on any atom is 0.130 e. The summed E-state index contributed by atoms with van der Waals surface area (Å²) < 4.78 is 27.2. The highest BCUT2D eigenvalue weighted by molar-refractivity contribution is 6.31. The van der Waals surface area contributed by atoms with E-state index < -0.39 is 11.9 Å². The van der Waals surface area contributed by atoms with Crippen LogP contribution in [0.3, 0.4) is 0 Å². The van der Waals surface area contributed by atoms with Crippen LogP contribution >= 0.6 is 11.6 Å². The molecule has 0 saturated heterocycles. The zero-order valence-electron chi connectivity index (χ0n) is 10.4. The number of nitrogens with one attached hydrogen (secondary N) is 1. The Morgan fingerprint density at radius 3 is 2.45 bits per heavy atom. The molecular formula is C15H11ClF2N2. The van der Waals surface area contributed by atoms with E-state index in [0.717, 1.165) is 0 Å². The second-order valence-electron chi connectivity index (χ2n) is 4.17. The molecule has 1 N–H and O–H groups in total. The van der Waals surface area contributed by atoms with Crippen molar-refractivity contribution in [3.63, 3.8) is 0 Å². The van der Waals surface area contributed by atoms with Gasteiger partial charge in [-0.15, -0.1) is 0 Å². The SMILES string of the molecule is N#CC(NCc1ccccc1F)c1c(F)cccc1Cl. The molecule has 2 nitrogen and oxygen atoms in total. The van der Waals surface area contributed by atoms with Gasteiger partial charge in [0.15, 0.2) is 0 Å². The van der Waals surface area contributed by atoms with Crippen LogP contribution in [0.5, 0.6) is 0 Å². The second kappa shape index (κ2) is 6.47. The van der Waals surface area contributed by atoms with Gasteiger partial charge in [-0.25, -0.2) is 8.78 Å². The van der Waals surface area contributed by atoms with Crippen molar-refractivity contribution in [3.05, 3.63) is 70.2 Å². The summed E-state index contributed by atoms with van der Waals surface area (Å²) in [6, 6.07) is 11.4. The lowest BCUT2D eigenvalue weighted by Crippen LogP contribution is -2.21. The van der Waals surface area contributed by atoms with Crippen LogP contribution in [0.2, 0.25) is 5.02 Å². The molecule has 2 aromatic rings. The van der Waals surface area contributed by atoms with Crippen molar-refractivity contribution in [2.45, 2.75) is 12.6 Å². The molecule has 5 heteroatoms. The third-order valence-electron chi connectivity index (χ3n) is 2.87. The molecule has 2 aromatic carbocycles. The summed E-state index contributed by atoms with van der Waals surface area (Å²) in [7, 11) is 0. The molecule has 0 heterocycles. The van der Waals surface area contributed by atoms with Crippen LogP contribution in [0.4, 0.5) is 8.78 Å². The first-order valence-corrected chi connectivity index (χ1v) is 6.31. The van der Waals surface area contributed by atoms with Crippen molar-refractivity contribution < 1.29 is 8.78 Å². The Balaban J connectivity index is 2.19. The van der Waals surface area contributed by atoms with E-state index >= 15 is 0 Å². The molecule has 1 unspecified atom stereocenters. The molecule has 0 radical (unpaired) electrons. The molecule has 0 fully saturated rings. The van der Waals surface area contributed by atoms with Crippen molar-refractivity contribution in [1.82, 2.24) is 5.32 Å². The topological polar surface area (TPSA) is 35.8 Å². The van der Waals surface area contributed by atoms with E-state index in [2.05, 4.69) is 5.32 Å². The van der Waals surface area contributed by atoms with Gasteiger partial charge >= 0.3 is 0 Å². The summed E-state index contributed by atoms with van der Waals surface area (Å²) in [6.07, 6.45) is 0. The number of nitrogens with zero attached hydrogens (tertiary/aromatic N) is 1. The third kappa shape index (κ3) is 3.13. The zero-order chi connectivity index (χ0) is 14.5. The summed E-state index contributed by atoms with van der Waals surface area (Å²) >= 11 is 5.91. The molecule has 0 amide bonds. The monoisotopic (exact) mass is 292 g/mol. The van der Waals surface area contributed by atoms with Gasteiger partial charge in [-0.3, -0.25) is 5.32 Å². The highest BCUT2D eigenvalue weighted by Crippen LogP contribution is 2.25. The molecule has 0 saturated carbocycles. The maximum absolute atomic E-state index is 13.7. The Bertz CT molecular complexity index is 632. The molecule has 0 aliphatic carbocycles. The summed E-state index contributed by atoms with van der Waals surface area (Å²) in [4.78, 5) is 0. The Labute approximate surface area is 120 Å². The minimum Gasteiger partial charge on any atom is -0.294 e. The van der Waals surface area contributed by atoms with Crippen LogP contribution in [0.1, 0.15) is 17.2 Å². The number of hydrogen-bond acceptors (Lipinski definition) is 2. The number of rotatable bonds is 4. The number of benzene rings is 2. The third-order valence-corrected chi connectivity index (χ3v) is 3.20. The van der Waals surface area contributed by atoms with Crippen LogP contribution in [-0.4, -0.2) is 0 Å².